The molecular weight excluding hydrogens is 308 g/mol. The fourth-order valence-corrected chi connectivity index (χ4v) is 4.24. The molecule has 0 unspecified atom stereocenters. The fraction of sp³-hybridized carbons (Fsp3) is 0.632. The highest BCUT2D eigenvalue weighted by molar-refractivity contribution is 6.45. The summed E-state index contributed by atoms with van der Waals surface area (Å²) in [5.41, 5.74) is 0.870. The molecule has 1 N–H and O–H groups in total. The molecule has 126 valence electrons. The molecule has 3 nitrogen and oxygen atoms in total. The van der Waals surface area contributed by atoms with Crippen LogP contribution in [-0.4, -0.2) is 10.5 Å². The molecule has 0 aliphatic heterocycles. The number of nitrogens with one attached hydrogen (secondary N) is 1. The third kappa shape index (κ3) is 4.00. The van der Waals surface area contributed by atoms with Crippen molar-refractivity contribution < 1.29 is 4.79 Å². The minimum Gasteiger partial charge on any atom is -0.349 e. The summed E-state index contributed by atoms with van der Waals surface area (Å²) >= 11 is 6.40. The van der Waals surface area contributed by atoms with E-state index in [1.807, 2.05) is 13.2 Å². The highest BCUT2D eigenvalue weighted by atomic mass is 35.5. The number of nitrogens with zero attached hydrogens (tertiary/aromatic N) is 1. The Morgan fingerprint density at radius 3 is 2.78 bits per heavy atom. The second kappa shape index (κ2) is 7.57. The van der Waals surface area contributed by atoms with Crippen molar-refractivity contribution in [2.24, 2.45) is 13.0 Å². The van der Waals surface area contributed by atoms with Gasteiger partial charge in [0.25, 0.3) is 0 Å². The average Bonchev–Trinajstić information content (AvgIpc) is 2.72. The summed E-state index contributed by atoms with van der Waals surface area (Å²) < 4.78 is 2.05. The first kappa shape index (κ1) is 16.6. The van der Waals surface area contributed by atoms with Crippen molar-refractivity contribution in [2.45, 2.75) is 64.2 Å². The van der Waals surface area contributed by atoms with Gasteiger partial charge in [-0.05, 0) is 25.2 Å². The number of hydrogen-bond donors (Lipinski definition) is 1. The molecule has 1 saturated carbocycles. The number of amides is 1. The second-order valence-electron chi connectivity index (χ2n) is 7.01. The Balaban J connectivity index is 1.64. The normalized spacial score (nSPS) is 19.0. The third-order valence-electron chi connectivity index (χ3n) is 5.23. The molecule has 1 fully saturated rings. The summed E-state index contributed by atoms with van der Waals surface area (Å²) in [6.07, 6.45) is 15.6. The summed E-state index contributed by atoms with van der Waals surface area (Å²) in [6, 6.07) is 0. The van der Waals surface area contributed by atoms with Crippen LogP contribution >= 0.6 is 11.6 Å². The smallest absolute Gasteiger partial charge is 0.224 e. The summed E-state index contributed by atoms with van der Waals surface area (Å²) in [5, 5.41) is 6.10. The number of carbonyl (C=O) groups is 1. The lowest BCUT2D eigenvalue weighted by atomic mass is 9.95. The van der Waals surface area contributed by atoms with Gasteiger partial charge in [-0.3, -0.25) is 4.79 Å². The number of aryl methyl sites for hydroxylation is 1. The van der Waals surface area contributed by atoms with Crippen molar-refractivity contribution in [3.63, 3.8) is 0 Å². The molecule has 23 heavy (non-hydrogen) atoms. The SMILES string of the molecule is Cn1cc(NC(=O)CCC2CCCCCC2)c2c1=CCCC=2Cl. The zero-order chi connectivity index (χ0) is 16.2. The summed E-state index contributed by atoms with van der Waals surface area (Å²) in [6.45, 7) is 0. The molecule has 2 aliphatic rings. The van der Waals surface area contributed by atoms with Crippen LogP contribution in [0.4, 0.5) is 5.69 Å². The molecule has 0 aromatic carbocycles. The number of anilines is 1. The number of aromatic nitrogens is 1. The molecule has 3 rings (SSSR count). The van der Waals surface area contributed by atoms with Crippen LogP contribution in [0.1, 0.15) is 64.2 Å². The van der Waals surface area contributed by atoms with Crippen LogP contribution in [0.25, 0.3) is 11.1 Å². The van der Waals surface area contributed by atoms with E-state index in [4.69, 9.17) is 11.6 Å². The topological polar surface area (TPSA) is 34.0 Å². The highest BCUT2D eigenvalue weighted by Gasteiger charge is 2.16. The number of carbonyl (C=O) groups excluding carboxylic acids is 1. The van der Waals surface area contributed by atoms with E-state index in [2.05, 4.69) is 16.0 Å². The fourth-order valence-electron chi connectivity index (χ4n) is 3.93. The van der Waals surface area contributed by atoms with Gasteiger partial charge in [0.05, 0.1) is 5.69 Å². The van der Waals surface area contributed by atoms with E-state index < -0.39 is 0 Å². The van der Waals surface area contributed by atoms with Crippen LogP contribution < -0.4 is 15.9 Å². The monoisotopic (exact) mass is 334 g/mol. The Labute approximate surface area is 143 Å². The molecule has 1 aromatic heterocycles. The minimum atomic E-state index is 0.123. The largest absolute Gasteiger partial charge is 0.349 e. The summed E-state index contributed by atoms with van der Waals surface area (Å²) in [5.74, 6) is 0.856. The number of rotatable bonds is 4. The lowest BCUT2D eigenvalue weighted by Gasteiger charge is -2.13. The lowest BCUT2D eigenvalue weighted by molar-refractivity contribution is -0.116. The lowest BCUT2D eigenvalue weighted by Crippen LogP contribution is -2.32. The molecule has 0 spiro atoms. The van der Waals surface area contributed by atoms with Gasteiger partial charge in [0, 0.05) is 35.3 Å². The maximum atomic E-state index is 12.4. The Morgan fingerprint density at radius 1 is 1.30 bits per heavy atom. The van der Waals surface area contributed by atoms with Gasteiger partial charge in [0.1, 0.15) is 0 Å². The van der Waals surface area contributed by atoms with Crippen molar-refractivity contribution in [3.8, 4) is 0 Å². The van der Waals surface area contributed by atoms with Crippen LogP contribution in [0.3, 0.4) is 0 Å². The minimum absolute atomic E-state index is 0.123. The van der Waals surface area contributed by atoms with E-state index in [0.717, 1.165) is 46.5 Å². The van der Waals surface area contributed by atoms with Gasteiger partial charge >= 0.3 is 0 Å². The predicted molar refractivity (Wildman–Crippen MR) is 96.7 cm³/mol. The molecular formula is C19H27ClN2O. The molecule has 4 heteroatoms. The Morgan fingerprint density at radius 2 is 2.04 bits per heavy atom. The highest BCUT2D eigenvalue weighted by Crippen LogP contribution is 2.26. The van der Waals surface area contributed by atoms with Crippen molar-refractivity contribution in [1.29, 1.82) is 0 Å². The standard InChI is InChI=1S/C19H27ClN2O/c1-22-13-16(19-15(20)9-6-10-17(19)22)21-18(23)12-11-14-7-4-2-3-5-8-14/h10,13-14H,2-9,11-12H2,1H3,(H,21,23). The summed E-state index contributed by atoms with van der Waals surface area (Å²) in [7, 11) is 2.01. The molecule has 1 amide bonds. The zero-order valence-corrected chi connectivity index (χ0v) is 14.8. The second-order valence-corrected chi connectivity index (χ2v) is 7.46. The molecule has 0 saturated heterocycles. The van der Waals surface area contributed by atoms with E-state index in [-0.39, 0.29) is 5.91 Å². The molecule has 0 radical (unpaired) electrons. The third-order valence-corrected chi connectivity index (χ3v) is 5.61. The molecule has 1 aromatic rings. The van der Waals surface area contributed by atoms with Gasteiger partial charge in [-0.2, -0.15) is 0 Å². The van der Waals surface area contributed by atoms with Crippen LogP contribution in [0.15, 0.2) is 6.20 Å². The molecule has 2 aliphatic carbocycles. The van der Waals surface area contributed by atoms with Crippen molar-refractivity contribution in [2.75, 3.05) is 5.32 Å². The Bertz CT molecular complexity index is 681. The predicted octanol–water partition coefficient (Wildman–Crippen LogP) is 3.64. The molecule has 0 atom stereocenters. The molecule has 1 heterocycles. The van der Waals surface area contributed by atoms with Crippen molar-refractivity contribution in [1.82, 2.24) is 4.57 Å². The maximum absolute atomic E-state index is 12.4. The van der Waals surface area contributed by atoms with Crippen LogP contribution in [0, 0.1) is 5.92 Å². The van der Waals surface area contributed by atoms with Crippen LogP contribution in [0.2, 0.25) is 0 Å². The number of hydrogen-bond acceptors (Lipinski definition) is 1. The van der Waals surface area contributed by atoms with Gasteiger partial charge in [-0.25, -0.2) is 0 Å². The van der Waals surface area contributed by atoms with Crippen molar-refractivity contribution >= 4 is 34.3 Å². The maximum Gasteiger partial charge on any atom is 0.224 e. The van der Waals surface area contributed by atoms with E-state index >= 15 is 0 Å². The number of halogens is 1. The van der Waals surface area contributed by atoms with E-state index in [9.17, 15) is 4.79 Å². The van der Waals surface area contributed by atoms with E-state index in [0.29, 0.717) is 6.42 Å². The molecule has 0 bridgehead atoms. The van der Waals surface area contributed by atoms with Gasteiger partial charge < -0.3 is 9.88 Å². The van der Waals surface area contributed by atoms with Crippen LogP contribution in [0.5, 0.6) is 0 Å². The Kier molecular flexibility index (Phi) is 5.47. The first-order valence-corrected chi connectivity index (χ1v) is 9.37. The average molecular weight is 335 g/mol. The number of fused-ring (bicyclic) bond motifs is 1. The summed E-state index contributed by atoms with van der Waals surface area (Å²) in [4.78, 5) is 12.4. The van der Waals surface area contributed by atoms with Crippen molar-refractivity contribution in [3.05, 3.63) is 16.8 Å². The quantitative estimate of drug-likeness (QED) is 0.838. The zero-order valence-electron chi connectivity index (χ0n) is 14.0. The van der Waals surface area contributed by atoms with Gasteiger partial charge in [0.15, 0.2) is 0 Å². The van der Waals surface area contributed by atoms with Gasteiger partial charge in [0.2, 0.25) is 5.91 Å². The van der Waals surface area contributed by atoms with E-state index in [1.165, 1.54) is 38.5 Å². The van der Waals surface area contributed by atoms with Gasteiger partial charge in [-0.15, -0.1) is 0 Å². The Hall–Kier alpha value is -1.22. The first-order chi connectivity index (χ1) is 11.1. The van der Waals surface area contributed by atoms with Crippen LogP contribution in [-0.2, 0) is 11.8 Å². The first-order valence-electron chi connectivity index (χ1n) is 8.99. The van der Waals surface area contributed by atoms with E-state index in [1.54, 1.807) is 0 Å². The van der Waals surface area contributed by atoms with Gasteiger partial charge in [-0.1, -0.05) is 56.2 Å².